The monoisotopic (exact) mass is 155 g/mol. The van der Waals surface area contributed by atoms with Crippen molar-refractivity contribution in [2.24, 2.45) is 5.28 Å². The average Bonchev–Trinajstić information content (AvgIpc) is 1.65. The molecule has 0 spiro atoms. The van der Waals surface area contributed by atoms with Gasteiger partial charge in [-0.2, -0.15) is 5.01 Å². The number of hydrogen-bond acceptors (Lipinski definition) is 3. The van der Waals surface area contributed by atoms with Crippen LogP contribution in [0.15, 0.2) is 5.28 Å². The molecule has 0 amide bonds. The first-order valence-corrected chi connectivity index (χ1v) is 1.66. The molecule has 0 aromatic carbocycles. The Kier molecular flexibility index (Phi) is 6.24. The van der Waals surface area contributed by atoms with E-state index in [1.807, 2.05) is 5.28 Å². The minimum absolute atomic E-state index is 0. The number of hydrazine groups is 1. The van der Waals surface area contributed by atoms with E-state index in [2.05, 4.69) is 0 Å². The third-order valence-electron chi connectivity index (χ3n) is 0.412. The molecular formula is C2H6N3O2V-. The smallest absolute Gasteiger partial charge is 0.0654 e. The average molecular weight is 155 g/mol. The van der Waals surface area contributed by atoms with Crippen LogP contribution in [-0.4, -0.2) is 24.1 Å². The van der Waals surface area contributed by atoms with Gasteiger partial charge in [-0.25, -0.2) is 0 Å². The van der Waals surface area contributed by atoms with E-state index >= 15 is 0 Å². The van der Waals surface area contributed by atoms with Gasteiger partial charge in [-0.1, -0.05) is 0 Å². The van der Waals surface area contributed by atoms with Gasteiger partial charge in [0, 0.05) is 23.5 Å². The molecule has 0 rings (SSSR count). The molecule has 0 N–H and O–H groups in total. The molecule has 0 saturated carbocycles. The Hall–Kier alpha value is -0.416. The molecule has 0 aliphatic carbocycles. The Morgan fingerprint density at radius 1 is 1.50 bits per heavy atom. The van der Waals surface area contributed by atoms with E-state index in [1.54, 1.807) is 0 Å². The topological polar surface area (TPSA) is 64.7 Å². The Bertz CT molecular complexity index is 83.4. The summed E-state index contributed by atoms with van der Waals surface area (Å²) in [4.78, 5) is -0.0556. The molecular weight excluding hydrogens is 149 g/mol. The summed E-state index contributed by atoms with van der Waals surface area (Å²) in [5, 5.41) is 22.2. The predicted octanol–water partition coefficient (Wildman–Crippen LogP) is -0.0792. The van der Waals surface area contributed by atoms with Crippen molar-refractivity contribution in [1.29, 1.82) is 0 Å². The van der Waals surface area contributed by atoms with Gasteiger partial charge in [-0.05, 0) is 5.28 Å². The molecule has 47 valence electrons. The Labute approximate surface area is 59.0 Å². The molecule has 0 unspecified atom stereocenters. The molecule has 0 aromatic rings. The Morgan fingerprint density at radius 3 is 1.88 bits per heavy atom. The summed E-state index contributed by atoms with van der Waals surface area (Å²) < 4.78 is 0. The summed E-state index contributed by atoms with van der Waals surface area (Å²) in [6, 6.07) is 0. The minimum atomic E-state index is -0.0556. The molecule has 0 atom stereocenters. The molecule has 0 bridgehead atoms. The van der Waals surface area contributed by atoms with Gasteiger partial charge in [0.1, 0.15) is 0 Å². The van der Waals surface area contributed by atoms with Crippen molar-refractivity contribution < 1.29 is 23.5 Å². The zero-order valence-corrected chi connectivity index (χ0v) is 6.00. The molecule has 6 heteroatoms. The molecule has 8 heavy (non-hydrogen) atoms. The fourth-order valence-electron chi connectivity index (χ4n) is 0.0730. The van der Waals surface area contributed by atoms with Crippen LogP contribution in [0.2, 0.25) is 0 Å². The maximum Gasteiger partial charge on any atom is 0.0654 e. The van der Waals surface area contributed by atoms with Crippen LogP contribution in [0.1, 0.15) is 0 Å². The molecule has 0 saturated heterocycles. The van der Waals surface area contributed by atoms with Crippen molar-refractivity contribution in [1.82, 2.24) is 5.01 Å². The first-order chi connectivity index (χ1) is 3.18. The van der Waals surface area contributed by atoms with Gasteiger partial charge < -0.3 is 10.4 Å². The maximum atomic E-state index is 9.88. The van der Waals surface area contributed by atoms with Crippen LogP contribution in [-0.2, 0) is 18.6 Å². The van der Waals surface area contributed by atoms with E-state index in [0.717, 1.165) is 5.01 Å². The van der Waals surface area contributed by atoms with Crippen LogP contribution in [0, 0.1) is 10.4 Å². The normalized spacial score (nSPS) is 10.0. The Balaban J connectivity index is 0. The standard InChI is InChI=1S/C2H7N3O2.V/c1-4(2)5(7)3-6;/h6H,1-2H3;/p-1/b5-3-;. The fourth-order valence-corrected chi connectivity index (χ4v) is 0.0730. The molecule has 0 aliphatic heterocycles. The van der Waals surface area contributed by atoms with Gasteiger partial charge in [0.25, 0.3) is 0 Å². The van der Waals surface area contributed by atoms with E-state index in [0.29, 0.717) is 0 Å². The summed E-state index contributed by atoms with van der Waals surface area (Å²) in [6.07, 6.45) is 0. The third kappa shape index (κ3) is 3.76. The van der Waals surface area contributed by atoms with Crippen LogP contribution in [0.25, 0.3) is 0 Å². The van der Waals surface area contributed by atoms with Gasteiger partial charge in [0.15, 0.2) is 0 Å². The summed E-state index contributed by atoms with van der Waals surface area (Å²) in [6.45, 7) is 0. The van der Waals surface area contributed by atoms with Crippen molar-refractivity contribution >= 4 is 0 Å². The number of nitrogens with zero attached hydrogens (tertiary/aromatic N) is 3. The van der Waals surface area contributed by atoms with Gasteiger partial charge in [-0.3, -0.25) is 0 Å². The first kappa shape index (κ1) is 10.5. The van der Waals surface area contributed by atoms with E-state index in [-0.39, 0.29) is 23.5 Å². The fraction of sp³-hybridized carbons (Fsp3) is 1.00. The maximum absolute atomic E-state index is 9.88. The second-order valence-electron chi connectivity index (χ2n) is 1.18. The van der Waals surface area contributed by atoms with E-state index in [4.69, 9.17) is 0 Å². The molecule has 1 radical (unpaired) electrons. The van der Waals surface area contributed by atoms with Crippen LogP contribution in [0.3, 0.4) is 0 Å². The first-order valence-electron chi connectivity index (χ1n) is 1.66. The summed E-state index contributed by atoms with van der Waals surface area (Å²) in [7, 11) is 2.85. The minimum Gasteiger partial charge on any atom is -0.737 e. The van der Waals surface area contributed by atoms with Gasteiger partial charge in [-0.15, -0.1) is 0 Å². The predicted molar refractivity (Wildman–Crippen MR) is 23.1 cm³/mol. The van der Waals surface area contributed by atoms with E-state index in [9.17, 15) is 10.4 Å². The van der Waals surface area contributed by atoms with Crippen LogP contribution in [0.5, 0.6) is 0 Å². The van der Waals surface area contributed by atoms with E-state index < -0.39 is 0 Å². The van der Waals surface area contributed by atoms with Crippen LogP contribution >= 0.6 is 0 Å². The number of rotatable bonds is 1. The summed E-state index contributed by atoms with van der Waals surface area (Å²) in [5.41, 5.74) is 0. The molecule has 0 aliphatic rings. The van der Waals surface area contributed by atoms with Crippen molar-refractivity contribution in [3.8, 4) is 0 Å². The molecule has 0 heterocycles. The van der Waals surface area contributed by atoms with Crippen molar-refractivity contribution in [3.63, 3.8) is 0 Å². The van der Waals surface area contributed by atoms with Crippen molar-refractivity contribution in [2.75, 3.05) is 14.1 Å². The van der Waals surface area contributed by atoms with Gasteiger partial charge in [0.2, 0.25) is 0 Å². The van der Waals surface area contributed by atoms with Crippen molar-refractivity contribution in [2.45, 2.75) is 0 Å². The number of hydrogen-bond donors (Lipinski definition) is 0. The van der Waals surface area contributed by atoms with Crippen LogP contribution in [0.4, 0.5) is 0 Å². The summed E-state index contributed by atoms with van der Waals surface area (Å²) in [5.74, 6) is 0. The van der Waals surface area contributed by atoms with Gasteiger partial charge >= 0.3 is 0 Å². The van der Waals surface area contributed by atoms with E-state index in [1.165, 1.54) is 14.1 Å². The Morgan fingerprint density at radius 2 is 1.88 bits per heavy atom. The summed E-state index contributed by atoms with van der Waals surface area (Å²) >= 11 is 0. The second kappa shape index (κ2) is 4.74. The van der Waals surface area contributed by atoms with Crippen LogP contribution < -0.4 is 0 Å². The molecule has 0 fully saturated rings. The zero-order valence-electron chi connectivity index (χ0n) is 4.61. The zero-order chi connectivity index (χ0) is 5.86. The van der Waals surface area contributed by atoms with Crippen molar-refractivity contribution in [3.05, 3.63) is 10.4 Å². The molecule has 5 nitrogen and oxygen atoms in total. The molecule has 0 aromatic heterocycles. The largest absolute Gasteiger partial charge is 0.737 e. The quantitative estimate of drug-likeness (QED) is 0.302. The SMILES string of the molecule is CN(C)/[N+]([O-])=N/[O-].[V]. The second-order valence-corrected chi connectivity index (χ2v) is 1.18. The third-order valence-corrected chi connectivity index (χ3v) is 0.412. The van der Waals surface area contributed by atoms with Gasteiger partial charge in [0.05, 0.1) is 14.1 Å².